The third-order valence-corrected chi connectivity index (χ3v) is 2.95. The second-order valence-electron chi connectivity index (χ2n) is 4.28. The fraction of sp³-hybridized carbons (Fsp3) is 0.800. The monoisotopic (exact) mass is 230 g/mol. The summed E-state index contributed by atoms with van der Waals surface area (Å²) >= 11 is 0. The quantitative estimate of drug-likeness (QED) is 0.628. The van der Waals surface area contributed by atoms with Gasteiger partial charge in [-0.1, -0.05) is 0 Å². The van der Waals surface area contributed by atoms with Crippen LogP contribution in [0.1, 0.15) is 6.92 Å². The van der Waals surface area contributed by atoms with Crippen molar-refractivity contribution in [1.29, 1.82) is 0 Å². The van der Waals surface area contributed by atoms with Crippen LogP contribution in [0.5, 0.6) is 0 Å². The zero-order chi connectivity index (χ0) is 12.3. The van der Waals surface area contributed by atoms with E-state index in [1.807, 2.05) is 0 Å². The summed E-state index contributed by atoms with van der Waals surface area (Å²) < 4.78 is 9.68. The number of ether oxygens (including phenoxy) is 2. The molecule has 1 rings (SSSR count). The fourth-order valence-corrected chi connectivity index (χ4v) is 1.68. The van der Waals surface area contributed by atoms with Crippen molar-refractivity contribution in [3.8, 4) is 0 Å². The number of esters is 1. The molecule has 16 heavy (non-hydrogen) atoms. The molecule has 1 aliphatic rings. The lowest BCUT2D eigenvalue weighted by atomic mass is 9.84. The molecule has 0 aromatic heterocycles. The molecule has 1 aliphatic heterocycles. The first-order valence-corrected chi connectivity index (χ1v) is 5.07. The van der Waals surface area contributed by atoms with Gasteiger partial charge < -0.3 is 20.1 Å². The summed E-state index contributed by atoms with van der Waals surface area (Å²) in [6.45, 7) is 2.34. The predicted molar refractivity (Wildman–Crippen MR) is 56.6 cm³/mol. The largest absolute Gasteiger partial charge is 0.468 e. The maximum atomic E-state index is 12.1. The topological polar surface area (TPSA) is 81.9 Å². The van der Waals surface area contributed by atoms with E-state index in [1.165, 1.54) is 12.0 Å². The summed E-state index contributed by atoms with van der Waals surface area (Å²) in [5.74, 6) is -0.644. The average Bonchev–Trinajstić information content (AvgIpc) is 2.59. The van der Waals surface area contributed by atoms with E-state index in [2.05, 4.69) is 4.74 Å². The molecule has 0 spiro atoms. The maximum Gasteiger partial charge on any atom is 0.325 e. The number of methoxy groups -OCH3 is 1. The average molecular weight is 230 g/mol. The molecule has 2 atom stereocenters. The molecule has 2 N–H and O–H groups in total. The second-order valence-corrected chi connectivity index (χ2v) is 4.28. The van der Waals surface area contributed by atoms with Gasteiger partial charge in [-0.3, -0.25) is 9.59 Å². The smallest absolute Gasteiger partial charge is 0.325 e. The van der Waals surface area contributed by atoms with Crippen molar-refractivity contribution in [3.63, 3.8) is 0 Å². The Morgan fingerprint density at radius 1 is 1.62 bits per heavy atom. The van der Waals surface area contributed by atoms with E-state index in [0.29, 0.717) is 13.2 Å². The molecule has 6 heteroatoms. The fourth-order valence-electron chi connectivity index (χ4n) is 1.68. The molecular formula is C10H18N2O4. The van der Waals surface area contributed by atoms with Gasteiger partial charge in [-0.05, 0) is 6.92 Å². The van der Waals surface area contributed by atoms with Crippen LogP contribution in [0.4, 0.5) is 0 Å². The molecule has 1 amide bonds. The van der Waals surface area contributed by atoms with E-state index in [9.17, 15) is 9.59 Å². The van der Waals surface area contributed by atoms with Gasteiger partial charge in [0, 0.05) is 13.1 Å². The molecule has 0 aromatic rings. The number of carbonyl (C=O) groups excluding carboxylic acids is 2. The van der Waals surface area contributed by atoms with Gasteiger partial charge in [-0.25, -0.2) is 0 Å². The van der Waals surface area contributed by atoms with Crippen LogP contribution < -0.4 is 5.73 Å². The molecule has 1 fully saturated rings. The number of nitrogens with two attached hydrogens (primary N) is 1. The molecule has 2 unspecified atom stereocenters. The minimum absolute atomic E-state index is 0.0718. The van der Waals surface area contributed by atoms with Gasteiger partial charge in [0.1, 0.15) is 6.54 Å². The molecule has 1 saturated heterocycles. The summed E-state index contributed by atoms with van der Waals surface area (Å²) in [5.41, 5.74) is 5.08. The number of hydrogen-bond donors (Lipinski definition) is 1. The normalized spacial score (nSPS) is 28.9. The summed E-state index contributed by atoms with van der Waals surface area (Å²) in [7, 11) is 2.84. The number of hydrogen-bond acceptors (Lipinski definition) is 5. The van der Waals surface area contributed by atoms with Crippen molar-refractivity contribution in [2.75, 3.05) is 33.9 Å². The van der Waals surface area contributed by atoms with Gasteiger partial charge in [-0.15, -0.1) is 0 Å². The molecule has 0 bridgehead atoms. The van der Waals surface area contributed by atoms with Crippen LogP contribution in [0.15, 0.2) is 0 Å². The zero-order valence-corrected chi connectivity index (χ0v) is 9.86. The Hall–Kier alpha value is -1.14. The molecule has 0 saturated carbocycles. The highest BCUT2D eigenvalue weighted by atomic mass is 16.5. The number of likely N-dealkylation sites (N-methyl/N-ethyl adjacent to an activating group) is 1. The molecule has 6 nitrogen and oxygen atoms in total. The zero-order valence-electron chi connectivity index (χ0n) is 9.86. The van der Waals surface area contributed by atoms with Crippen LogP contribution in [0.2, 0.25) is 0 Å². The summed E-state index contributed by atoms with van der Waals surface area (Å²) in [4.78, 5) is 24.5. The van der Waals surface area contributed by atoms with Gasteiger partial charge >= 0.3 is 5.97 Å². The van der Waals surface area contributed by atoms with E-state index in [1.54, 1.807) is 14.0 Å². The van der Waals surface area contributed by atoms with Crippen molar-refractivity contribution < 1.29 is 19.1 Å². The van der Waals surface area contributed by atoms with Crippen molar-refractivity contribution in [1.82, 2.24) is 4.90 Å². The Bertz CT molecular complexity index is 295. The second kappa shape index (κ2) is 4.80. The SMILES string of the molecule is COC(=O)CN(C)C(=O)C1(C)COCC1N. The van der Waals surface area contributed by atoms with E-state index < -0.39 is 11.4 Å². The standard InChI is InChI=1S/C10H18N2O4/c1-10(6-16-5-7(10)11)9(14)12(2)4-8(13)15-3/h7H,4-6,11H2,1-3H3. The van der Waals surface area contributed by atoms with Gasteiger partial charge in [0.15, 0.2) is 0 Å². The molecule has 0 radical (unpaired) electrons. The summed E-state index contributed by atoms with van der Waals surface area (Å²) in [6.07, 6.45) is 0. The molecule has 92 valence electrons. The lowest BCUT2D eigenvalue weighted by Crippen LogP contribution is -2.51. The van der Waals surface area contributed by atoms with E-state index >= 15 is 0 Å². The number of carbonyl (C=O) groups is 2. The van der Waals surface area contributed by atoms with Crippen LogP contribution in [0.3, 0.4) is 0 Å². The van der Waals surface area contributed by atoms with Crippen molar-refractivity contribution in [2.45, 2.75) is 13.0 Å². The van der Waals surface area contributed by atoms with Gasteiger partial charge in [0.2, 0.25) is 5.91 Å². The highest BCUT2D eigenvalue weighted by molar-refractivity contribution is 5.86. The number of amides is 1. The van der Waals surface area contributed by atoms with Crippen molar-refractivity contribution >= 4 is 11.9 Å². The van der Waals surface area contributed by atoms with Crippen molar-refractivity contribution in [3.05, 3.63) is 0 Å². The van der Waals surface area contributed by atoms with E-state index in [0.717, 1.165) is 0 Å². The van der Waals surface area contributed by atoms with Gasteiger partial charge in [-0.2, -0.15) is 0 Å². The Kier molecular flexibility index (Phi) is 3.88. The molecular weight excluding hydrogens is 212 g/mol. The lowest BCUT2D eigenvalue weighted by Gasteiger charge is -2.30. The van der Waals surface area contributed by atoms with Crippen LogP contribution in [-0.4, -0.2) is 56.7 Å². The van der Waals surface area contributed by atoms with Crippen LogP contribution >= 0.6 is 0 Å². The Balaban J connectivity index is 2.66. The molecule has 1 heterocycles. The Morgan fingerprint density at radius 2 is 2.25 bits per heavy atom. The summed E-state index contributed by atoms with van der Waals surface area (Å²) in [6, 6.07) is -0.333. The number of rotatable bonds is 3. The Morgan fingerprint density at radius 3 is 2.69 bits per heavy atom. The third kappa shape index (κ3) is 2.33. The minimum atomic E-state index is -0.747. The van der Waals surface area contributed by atoms with Crippen LogP contribution in [0.25, 0.3) is 0 Å². The maximum absolute atomic E-state index is 12.1. The molecule has 0 aromatic carbocycles. The minimum Gasteiger partial charge on any atom is -0.468 e. The lowest BCUT2D eigenvalue weighted by molar-refractivity contribution is -0.150. The highest BCUT2D eigenvalue weighted by Crippen LogP contribution is 2.28. The van der Waals surface area contributed by atoms with Gasteiger partial charge in [0.05, 0.1) is 25.7 Å². The highest BCUT2D eigenvalue weighted by Gasteiger charge is 2.45. The first-order valence-electron chi connectivity index (χ1n) is 5.07. The Labute approximate surface area is 94.7 Å². The van der Waals surface area contributed by atoms with Crippen LogP contribution in [-0.2, 0) is 19.1 Å². The van der Waals surface area contributed by atoms with Crippen molar-refractivity contribution in [2.24, 2.45) is 11.1 Å². The first-order chi connectivity index (χ1) is 7.41. The van der Waals surface area contributed by atoms with Gasteiger partial charge in [0.25, 0.3) is 0 Å². The first kappa shape index (κ1) is 12.9. The summed E-state index contributed by atoms with van der Waals surface area (Å²) in [5, 5.41) is 0. The third-order valence-electron chi connectivity index (χ3n) is 2.95. The van der Waals surface area contributed by atoms with E-state index in [4.69, 9.17) is 10.5 Å². The van der Waals surface area contributed by atoms with Crippen LogP contribution in [0, 0.1) is 5.41 Å². The predicted octanol–water partition coefficient (Wildman–Crippen LogP) is -1.02. The van der Waals surface area contributed by atoms with E-state index in [-0.39, 0.29) is 18.5 Å². The molecule has 0 aliphatic carbocycles. The number of nitrogens with zero attached hydrogens (tertiary/aromatic N) is 1.